The molecular formula is C32H24NO+. The van der Waals surface area contributed by atoms with Crippen LogP contribution < -0.4 is 4.57 Å². The van der Waals surface area contributed by atoms with Crippen molar-refractivity contribution in [3.63, 3.8) is 0 Å². The summed E-state index contributed by atoms with van der Waals surface area (Å²) < 4.78 is 2.13. The van der Waals surface area contributed by atoms with Gasteiger partial charge in [0.2, 0.25) is 12.3 Å². The van der Waals surface area contributed by atoms with Gasteiger partial charge in [-0.05, 0) is 44.6 Å². The van der Waals surface area contributed by atoms with Crippen molar-refractivity contribution in [2.75, 3.05) is 0 Å². The molecule has 0 aliphatic heterocycles. The Bertz CT molecular complexity index is 1610. The van der Waals surface area contributed by atoms with E-state index in [1.54, 1.807) is 0 Å². The highest BCUT2D eigenvalue weighted by Gasteiger charge is 2.21. The number of fused-ring (bicyclic) bond motifs is 3. The maximum absolute atomic E-state index is 13.2. The number of Topliss-reactive ketones (excluding diaryl/α,β-unsaturated/α-hetero) is 1. The lowest BCUT2D eigenvalue weighted by Crippen LogP contribution is -2.42. The molecule has 0 saturated carbocycles. The van der Waals surface area contributed by atoms with E-state index in [1.807, 2.05) is 30.3 Å². The van der Waals surface area contributed by atoms with Crippen LogP contribution in [0.4, 0.5) is 0 Å². The first kappa shape index (κ1) is 20.3. The standard InChI is InChI=1S/C32H24NO/c34-32(24-11-2-1-3-12-24)22-33-19-18-23-10-4-9-17-29(23)31(33)21-30-27-15-7-5-13-25(27)20-26-14-6-8-16-28(26)30/h1-20H,21-22H2/q+1. The van der Waals surface area contributed by atoms with Crippen LogP contribution in [0.2, 0.25) is 0 Å². The van der Waals surface area contributed by atoms with Crippen LogP contribution in [0.3, 0.4) is 0 Å². The van der Waals surface area contributed by atoms with Gasteiger partial charge in [0.25, 0.3) is 0 Å². The van der Waals surface area contributed by atoms with E-state index in [4.69, 9.17) is 0 Å². The predicted molar refractivity (Wildman–Crippen MR) is 139 cm³/mol. The first-order valence-corrected chi connectivity index (χ1v) is 11.7. The largest absolute Gasteiger partial charge is 0.287 e. The summed E-state index contributed by atoms with van der Waals surface area (Å²) >= 11 is 0. The minimum atomic E-state index is 0.116. The molecule has 162 valence electrons. The minimum Gasteiger partial charge on any atom is -0.287 e. The van der Waals surface area contributed by atoms with Gasteiger partial charge in [0.15, 0.2) is 11.9 Å². The van der Waals surface area contributed by atoms with Gasteiger partial charge in [-0.25, -0.2) is 0 Å². The molecule has 0 aliphatic rings. The summed E-state index contributed by atoms with van der Waals surface area (Å²) in [7, 11) is 0. The highest BCUT2D eigenvalue weighted by Crippen LogP contribution is 2.31. The molecule has 0 amide bonds. The predicted octanol–water partition coefficient (Wildman–Crippen LogP) is 6.91. The van der Waals surface area contributed by atoms with Crippen LogP contribution in [-0.2, 0) is 13.0 Å². The summed E-state index contributed by atoms with van der Waals surface area (Å²) in [6.07, 6.45) is 2.80. The Balaban J connectivity index is 1.55. The fourth-order valence-electron chi connectivity index (χ4n) is 5.00. The number of rotatable bonds is 5. The van der Waals surface area contributed by atoms with Crippen LogP contribution in [-0.4, -0.2) is 5.78 Å². The van der Waals surface area contributed by atoms with Gasteiger partial charge in [0, 0.05) is 17.0 Å². The van der Waals surface area contributed by atoms with E-state index in [9.17, 15) is 4.79 Å². The van der Waals surface area contributed by atoms with Gasteiger partial charge in [0.05, 0.1) is 6.42 Å². The zero-order chi connectivity index (χ0) is 22.9. The number of carbonyl (C=O) groups excluding carboxylic acids is 1. The Morgan fingerprint density at radius 3 is 1.82 bits per heavy atom. The molecule has 0 aliphatic carbocycles. The van der Waals surface area contributed by atoms with Crippen LogP contribution in [0.15, 0.2) is 121 Å². The van der Waals surface area contributed by atoms with E-state index >= 15 is 0 Å². The SMILES string of the molecule is O=C(C[n+]1ccc2ccccc2c1Cc1c2ccccc2cc2ccccc12)c1ccccc1. The molecule has 2 heteroatoms. The second-order valence-electron chi connectivity index (χ2n) is 8.74. The van der Waals surface area contributed by atoms with Gasteiger partial charge in [-0.15, -0.1) is 0 Å². The Labute approximate surface area is 198 Å². The Morgan fingerprint density at radius 1 is 0.588 bits per heavy atom. The van der Waals surface area contributed by atoms with E-state index < -0.39 is 0 Å². The highest BCUT2D eigenvalue weighted by molar-refractivity contribution is 6.02. The zero-order valence-electron chi connectivity index (χ0n) is 18.8. The third-order valence-electron chi connectivity index (χ3n) is 6.69. The summed E-state index contributed by atoms with van der Waals surface area (Å²) in [5, 5.41) is 7.37. The monoisotopic (exact) mass is 438 g/mol. The lowest BCUT2D eigenvalue weighted by Gasteiger charge is -2.13. The van der Waals surface area contributed by atoms with Crippen LogP contribution >= 0.6 is 0 Å². The first-order valence-electron chi connectivity index (χ1n) is 11.7. The van der Waals surface area contributed by atoms with E-state index in [0.29, 0.717) is 6.54 Å². The summed E-state index contributed by atoms with van der Waals surface area (Å²) in [6.45, 7) is 0.312. The molecule has 6 aromatic rings. The molecule has 34 heavy (non-hydrogen) atoms. The highest BCUT2D eigenvalue weighted by atomic mass is 16.1. The number of carbonyl (C=O) groups is 1. The summed E-state index contributed by atoms with van der Waals surface area (Å²) in [5.41, 5.74) is 3.19. The van der Waals surface area contributed by atoms with E-state index in [2.05, 4.69) is 95.7 Å². The van der Waals surface area contributed by atoms with E-state index in [-0.39, 0.29) is 5.78 Å². The number of nitrogens with zero attached hydrogens (tertiary/aromatic N) is 1. The van der Waals surface area contributed by atoms with Crippen LogP contribution in [0.25, 0.3) is 32.3 Å². The number of pyridine rings is 1. The fraction of sp³-hybridized carbons (Fsp3) is 0.0625. The molecule has 1 aromatic heterocycles. The second-order valence-corrected chi connectivity index (χ2v) is 8.74. The Kier molecular flexibility index (Phi) is 5.12. The molecule has 0 radical (unpaired) electrons. The van der Waals surface area contributed by atoms with Gasteiger partial charge < -0.3 is 0 Å². The normalized spacial score (nSPS) is 11.3. The minimum absolute atomic E-state index is 0.116. The number of aromatic nitrogens is 1. The molecule has 0 spiro atoms. The van der Waals surface area contributed by atoms with Gasteiger partial charge >= 0.3 is 0 Å². The Hall–Kier alpha value is -4.30. The molecule has 0 atom stereocenters. The van der Waals surface area contributed by atoms with Gasteiger partial charge in [-0.1, -0.05) is 97.1 Å². The maximum Gasteiger partial charge on any atom is 0.227 e. The maximum atomic E-state index is 13.2. The summed E-state index contributed by atoms with van der Waals surface area (Å²) in [6, 6.07) is 39.6. The summed E-state index contributed by atoms with van der Waals surface area (Å²) in [4.78, 5) is 13.2. The van der Waals surface area contributed by atoms with Crippen molar-refractivity contribution in [1.29, 1.82) is 0 Å². The van der Waals surface area contributed by atoms with Crippen molar-refractivity contribution >= 4 is 38.1 Å². The molecule has 0 bridgehead atoms. The van der Waals surface area contributed by atoms with Gasteiger partial charge in [-0.2, -0.15) is 4.57 Å². The lowest BCUT2D eigenvalue weighted by molar-refractivity contribution is -0.688. The molecule has 2 nitrogen and oxygen atoms in total. The molecule has 1 heterocycles. The quantitative estimate of drug-likeness (QED) is 0.163. The molecule has 0 saturated heterocycles. The van der Waals surface area contributed by atoms with Crippen molar-refractivity contribution in [2.24, 2.45) is 0 Å². The molecule has 0 N–H and O–H groups in total. The fourth-order valence-corrected chi connectivity index (χ4v) is 5.00. The number of hydrogen-bond donors (Lipinski definition) is 0. The summed E-state index contributed by atoms with van der Waals surface area (Å²) in [5.74, 6) is 0.116. The number of ketones is 1. The molecule has 0 fully saturated rings. The third kappa shape index (κ3) is 3.64. The lowest BCUT2D eigenvalue weighted by atomic mass is 9.92. The van der Waals surface area contributed by atoms with Crippen LogP contribution in [0.1, 0.15) is 21.6 Å². The second kappa shape index (κ2) is 8.57. The average molecular weight is 439 g/mol. The number of benzene rings is 5. The Morgan fingerprint density at radius 2 is 1.15 bits per heavy atom. The van der Waals surface area contributed by atoms with Crippen LogP contribution in [0, 0.1) is 0 Å². The van der Waals surface area contributed by atoms with E-state index in [1.165, 1.54) is 37.9 Å². The molecular weight excluding hydrogens is 414 g/mol. The van der Waals surface area contributed by atoms with Crippen molar-refractivity contribution < 1.29 is 9.36 Å². The average Bonchev–Trinajstić information content (AvgIpc) is 2.90. The number of hydrogen-bond acceptors (Lipinski definition) is 1. The van der Waals surface area contributed by atoms with Crippen molar-refractivity contribution in [2.45, 2.75) is 13.0 Å². The van der Waals surface area contributed by atoms with Gasteiger partial charge in [-0.3, -0.25) is 4.79 Å². The van der Waals surface area contributed by atoms with Crippen molar-refractivity contribution in [3.8, 4) is 0 Å². The van der Waals surface area contributed by atoms with Crippen molar-refractivity contribution in [1.82, 2.24) is 0 Å². The topological polar surface area (TPSA) is 20.9 Å². The zero-order valence-corrected chi connectivity index (χ0v) is 18.8. The molecule has 6 rings (SSSR count). The third-order valence-corrected chi connectivity index (χ3v) is 6.69. The first-order chi connectivity index (χ1) is 16.8. The smallest absolute Gasteiger partial charge is 0.227 e. The van der Waals surface area contributed by atoms with Crippen LogP contribution in [0.5, 0.6) is 0 Å². The molecule has 5 aromatic carbocycles. The van der Waals surface area contributed by atoms with E-state index in [0.717, 1.165) is 17.7 Å². The van der Waals surface area contributed by atoms with Crippen molar-refractivity contribution in [3.05, 3.63) is 138 Å². The van der Waals surface area contributed by atoms with Gasteiger partial charge in [0.1, 0.15) is 0 Å². The molecule has 0 unspecified atom stereocenters.